The first-order chi connectivity index (χ1) is 12.1. The third kappa shape index (κ3) is 4.25. The van der Waals surface area contributed by atoms with Crippen LogP contribution in [0.1, 0.15) is 22.4 Å². The van der Waals surface area contributed by atoms with Crippen LogP contribution in [0, 0.1) is 0 Å². The number of rotatable bonds is 6. The van der Waals surface area contributed by atoms with Crippen molar-refractivity contribution < 1.29 is 4.79 Å². The van der Waals surface area contributed by atoms with E-state index in [1.807, 2.05) is 24.3 Å². The molecule has 0 fully saturated rings. The number of amides is 1. The fourth-order valence-electron chi connectivity index (χ4n) is 3.03. The van der Waals surface area contributed by atoms with Gasteiger partial charge in [0.1, 0.15) is 0 Å². The molecule has 0 radical (unpaired) electrons. The summed E-state index contributed by atoms with van der Waals surface area (Å²) in [5.74, 6) is 0.0261. The second-order valence-electron chi connectivity index (χ2n) is 6.07. The number of aromatic amines is 1. The zero-order valence-corrected chi connectivity index (χ0v) is 16.4. The van der Waals surface area contributed by atoms with Crippen molar-refractivity contribution in [2.24, 2.45) is 0 Å². The van der Waals surface area contributed by atoms with Crippen LogP contribution in [0.15, 0.2) is 42.5 Å². The minimum atomic E-state index is 0.0261. The van der Waals surface area contributed by atoms with Gasteiger partial charge in [0.15, 0.2) is 0 Å². The first-order valence-corrected chi connectivity index (χ1v) is 9.74. The molecule has 0 aliphatic heterocycles. The molecule has 25 heavy (non-hydrogen) atoms. The fourth-order valence-corrected chi connectivity index (χ4v) is 3.50. The summed E-state index contributed by atoms with van der Waals surface area (Å²) in [7, 11) is 1.67. The van der Waals surface area contributed by atoms with Crippen molar-refractivity contribution in [3.63, 3.8) is 0 Å². The topological polar surface area (TPSA) is 44.9 Å². The average molecular weight is 420 g/mol. The third-order valence-electron chi connectivity index (χ3n) is 4.41. The van der Waals surface area contributed by atoms with Gasteiger partial charge in [-0.25, -0.2) is 0 Å². The van der Waals surface area contributed by atoms with E-state index < -0.39 is 0 Å². The first kappa shape index (κ1) is 18.0. The predicted octanol–water partition coefficient (Wildman–Crippen LogP) is 4.79. The molecule has 0 bridgehead atoms. The monoisotopic (exact) mass is 418 g/mol. The Bertz CT molecular complexity index is 887. The van der Waals surface area contributed by atoms with Gasteiger partial charge in [0.05, 0.1) is 6.42 Å². The lowest BCUT2D eigenvalue weighted by molar-refractivity contribution is -0.119. The number of hydrogen-bond donors (Lipinski definition) is 2. The average Bonchev–Trinajstić information content (AvgIpc) is 2.97. The van der Waals surface area contributed by atoms with Gasteiger partial charge in [0, 0.05) is 34.0 Å². The Morgan fingerprint density at radius 2 is 1.84 bits per heavy atom. The van der Waals surface area contributed by atoms with Crippen LogP contribution < -0.4 is 5.32 Å². The summed E-state index contributed by atoms with van der Waals surface area (Å²) < 4.78 is 0. The normalized spacial score (nSPS) is 11.0. The van der Waals surface area contributed by atoms with E-state index in [4.69, 9.17) is 11.6 Å². The fraction of sp³-hybridized carbons (Fsp3) is 0.250. The number of halogens is 2. The standard InChI is InChI=1S/C20H20BrClN2O/c1-23-20(25)11-17-16-8-4-14(12-21)10-19(16)24-18(17)9-5-13-2-6-15(22)7-3-13/h2-4,6-8,10,24H,5,9,11-12H2,1H3,(H,23,25). The minimum Gasteiger partial charge on any atom is -0.359 e. The van der Waals surface area contributed by atoms with Crippen LogP contribution in [-0.2, 0) is 29.4 Å². The van der Waals surface area contributed by atoms with Crippen molar-refractivity contribution in [3.05, 3.63) is 69.9 Å². The Morgan fingerprint density at radius 1 is 1.12 bits per heavy atom. The summed E-state index contributed by atoms with van der Waals surface area (Å²) in [6.07, 6.45) is 2.14. The second-order valence-corrected chi connectivity index (χ2v) is 7.07. The smallest absolute Gasteiger partial charge is 0.224 e. The molecule has 3 rings (SSSR count). The first-order valence-electron chi connectivity index (χ1n) is 8.24. The van der Waals surface area contributed by atoms with E-state index in [9.17, 15) is 4.79 Å². The highest BCUT2D eigenvalue weighted by Gasteiger charge is 2.14. The molecular weight excluding hydrogens is 400 g/mol. The molecule has 5 heteroatoms. The number of nitrogens with one attached hydrogen (secondary N) is 2. The Balaban J connectivity index is 1.92. The van der Waals surface area contributed by atoms with Gasteiger partial charge in [0.25, 0.3) is 0 Å². The zero-order valence-electron chi connectivity index (χ0n) is 14.0. The van der Waals surface area contributed by atoms with Crippen molar-refractivity contribution in [2.45, 2.75) is 24.6 Å². The molecule has 0 saturated heterocycles. The molecule has 0 atom stereocenters. The van der Waals surface area contributed by atoms with Crippen LogP contribution in [0.3, 0.4) is 0 Å². The van der Waals surface area contributed by atoms with E-state index >= 15 is 0 Å². The highest BCUT2D eigenvalue weighted by molar-refractivity contribution is 9.08. The SMILES string of the molecule is CNC(=O)Cc1c(CCc2ccc(Cl)cc2)[nH]c2cc(CBr)ccc12. The van der Waals surface area contributed by atoms with E-state index in [-0.39, 0.29) is 5.91 Å². The molecule has 130 valence electrons. The molecular formula is C20H20BrClN2O. The zero-order chi connectivity index (χ0) is 17.8. The molecule has 3 nitrogen and oxygen atoms in total. The molecule has 0 unspecified atom stereocenters. The van der Waals surface area contributed by atoms with Gasteiger partial charge >= 0.3 is 0 Å². The van der Waals surface area contributed by atoms with Gasteiger partial charge in [-0.3, -0.25) is 4.79 Å². The van der Waals surface area contributed by atoms with Gasteiger partial charge in [0.2, 0.25) is 5.91 Å². The summed E-state index contributed by atoms with van der Waals surface area (Å²) in [6, 6.07) is 14.3. The van der Waals surface area contributed by atoms with Gasteiger partial charge in [-0.1, -0.05) is 51.8 Å². The van der Waals surface area contributed by atoms with Crippen molar-refractivity contribution >= 4 is 44.3 Å². The van der Waals surface area contributed by atoms with Crippen LogP contribution >= 0.6 is 27.5 Å². The maximum Gasteiger partial charge on any atom is 0.224 e. The van der Waals surface area contributed by atoms with Crippen LogP contribution in [0.5, 0.6) is 0 Å². The Labute approximate surface area is 160 Å². The number of aryl methyl sites for hydroxylation is 2. The van der Waals surface area contributed by atoms with Crippen LogP contribution in [-0.4, -0.2) is 17.9 Å². The molecule has 0 spiro atoms. The van der Waals surface area contributed by atoms with Crippen LogP contribution in [0.25, 0.3) is 10.9 Å². The number of alkyl halides is 1. The van der Waals surface area contributed by atoms with E-state index in [1.54, 1.807) is 7.05 Å². The molecule has 0 aliphatic rings. The number of hydrogen-bond acceptors (Lipinski definition) is 1. The maximum absolute atomic E-state index is 12.0. The summed E-state index contributed by atoms with van der Waals surface area (Å²) in [5.41, 5.74) is 5.74. The molecule has 1 aromatic heterocycles. The van der Waals surface area contributed by atoms with E-state index in [0.717, 1.165) is 45.4 Å². The minimum absolute atomic E-state index is 0.0261. The molecule has 2 aromatic carbocycles. The van der Waals surface area contributed by atoms with Crippen molar-refractivity contribution in [2.75, 3.05) is 7.05 Å². The largest absolute Gasteiger partial charge is 0.359 e. The van der Waals surface area contributed by atoms with Crippen molar-refractivity contribution in [1.29, 1.82) is 0 Å². The Kier molecular flexibility index (Phi) is 5.82. The number of H-pyrrole nitrogens is 1. The second kappa shape index (κ2) is 8.07. The predicted molar refractivity (Wildman–Crippen MR) is 108 cm³/mol. The summed E-state index contributed by atoms with van der Waals surface area (Å²) >= 11 is 9.45. The number of fused-ring (bicyclic) bond motifs is 1. The van der Waals surface area contributed by atoms with Gasteiger partial charge in [-0.05, 0) is 47.7 Å². The summed E-state index contributed by atoms with van der Waals surface area (Å²) in [5, 5.41) is 5.41. The molecule has 0 saturated carbocycles. The highest BCUT2D eigenvalue weighted by Crippen LogP contribution is 2.26. The van der Waals surface area contributed by atoms with E-state index in [0.29, 0.717) is 6.42 Å². The Hall–Kier alpha value is -1.78. The van der Waals surface area contributed by atoms with Crippen molar-refractivity contribution in [1.82, 2.24) is 10.3 Å². The van der Waals surface area contributed by atoms with Gasteiger partial charge < -0.3 is 10.3 Å². The maximum atomic E-state index is 12.0. The lowest BCUT2D eigenvalue weighted by Gasteiger charge is -2.05. The number of aromatic nitrogens is 1. The molecule has 1 heterocycles. The third-order valence-corrected chi connectivity index (χ3v) is 5.31. The lowest BCUT2D eigenvalue weighted by Crippen LogP contribution is -2.20. The molecule has 0 aliphatic carbocycles. The van der Waals surface area contributed by atoms with Crippen LogP contribution in [0.2, 0.25) is 5.02 Å². The molecule has 1 amide bonds. The Morgan fingerprint density at radius 3 is 2.52 bits per heavy atom. The summed E-state index contributed by atoms with van der Waals surface area (Å²) in [4.78, 5) is 15.5. The number of likely N-dealkylation sites (N-methyl/N-ethyl adjacent to an activating group) is 1. The quantitative estimate of drug-likeness (QED) is 0.554. The highest BCUT2D eigenvalue weighted by atomic mass is 79.9. The number of benzene rings is 2. The van der Waals surface area contributed by atoms with Crippen molar-refractivity contribution in [3.8, 4) is 0 Å². The van der Waals surface area contributed by atoms with Gasteiger partial charge in [-0.15, -0.1) is 0 Å². The number of carbonyl (C=O) groups is 1. The lowest BCUT2D eigenvalue weighted by atomic mass is 10.0. The van der Waals surface area contributed by atoms with E-state index in [2.05, 4.69) is 44.4 Å². The van der Waals surface area contributed by atoms with Crippen LogP contribution in [0.4, 0.5) is 0 Å². The summed E-state index contributed by atoms with van der Waals surface area (Å²) in [6.45, 7) is 0. The van der Waals surface area contributed by atoms with Gasteiger partial charge in [-0.2, -0.15) is 0 Å². The van der Waals surface area contributed by atoms with E-state index in [1.165, 1.54) is 11.1 Å². The molecule has 3 aromatic rings. The molecule has 2 N–H and O–H groups in total. The number of carbonyl (C=O) groups excluding carboxylic acids is 1.